The van der Waals surface area contributed by atoms with Gasteiger partial charge in [-0.05, 0) is 6.07 Å². The molecule has 0 amide bonds. The topological polar surface area (TPSA) is 85.2 Å². The fourth-order valence-electron chi connectivity index (χ4n) is 2.49. The molecule has 1 fully saturated rings. The number of carbonyl (C=O) groups is 1. The van der Waals surface area contributed by atoms with Crippen molar-refractivity contribution in [1.82, 2.24) is 4.90 Å². The van der Waals surface area contributed by atoms with Crippen molar-refractivity contribution in [3.8, 4) is 5.75 Å². The lowest BCUT2D eigenvalue weighted by Gasteiger charge is -2.35. The molecule has 0 atom stereocenters. The zero-order valence-electron chi connectivity index (χ0n) is 13.1. The second-order valence-corrected chi connectivity index (χ2v) is 5.20. The third-order valence-corrected chi connectivity index (χ3v) is 3.76. The number of piperazine rings is 1. The van der Waals surface area contributed by atoms with Gasteiger partial charge in [0.25, 0.3) is 0 Å². The molecule has 23 heavy (non-hydrogen) atoms. The van der Waals surface area contributed by atoms with Crippen LogP contribution in [0.4, 0.5) is 11.4 Å². The molecule has 1 aliphatic rings. The van der Waals surface area contributed by atoms with Gasteiger partial charge in [-0.1, -0.05) is 0 Å². The number of hydrogen-bond donors (Lipinski definition) is 0. The number of carbonyl (C=O) groups excluding carboxylic acids is 1. The monoisotopic (exact) mass is 323 g/mol. The Labute approximate surface area is 134 Å². The highest BCUT2D eigenvalue weighted by Crippen LogP contribution is 2.32. The van der Waals surface area contributed by atoms with E-state index in [0.717, 1.165) is 38.2 Å². The minimum Gasteiger partial charge on any atom is -0.484 e. The van der Waals surface area contributed by atoms with Gasteiger partial charge in [0, 0.05) is 51.1 Å². The Morgan fingerprint density at radius 2 is 2.00 bits per heavy atom. The average Bonchev–Trinajstić information content (AvgIpc) is 2.56. The molecule has 0 aromatic heterocycles. The number of rotatable bonds is 8. The summed E-state index contributed by atoms with van der Waals surface area (Å²) in [6.07, 6.45) is 0.906. The Morgan fingerprint density at radius 1 is 1.26 bits per heavy atom. The van der Waals surface area contributed by atoms with Gasteiger partial charge >= 0.3 is 5.69 Å². The molecule has 2 rings (SSSR count). The van der Waals surface area contributed by atoms with Crippen LogP contribution in [-0.2, 0) is 9.53 Å². The summed E-state index contributed by atoms with van der Waals surface area (Å²) in [5.74, 6) is 0.250. The quantitative estimate of drug-likeness (QED) is 0.305. The van der Waals surface area contributed by atoms with Crippen molar-refractivity contribution in [2.45, 2.75) is 0 Å². The van der Waals surface area contributed by atoms with Crippen LogP contribution < -0.4 is 9.64 Å². The predicted molar refractivity (Wildman–Crippen MR) is 85.2 cm³/mol. The van der Waals surface area contributed by atoms with E-state index in [2.05, 4.69) is 9.80 Å². The van der Waals surface area contributed by atoms with Crippen molar-refractivity contribution in [3.05, 3.63) is 28.3 Å². The van der Waals surface area contributed by atoms with Gasteiger partial charge in [-0.25, -0.2) is 0 Å². The van der Waals surface area contributed by atoms with E-state index in [4.69, 9.17) is 9.47 Å². The molecule has 0 spiro atoms. The average molecular weight is 323 g/mol. The summed E-state index contributed by atoms with van der Waals surface area (Å²) in [4.78, 5) is 25.4. The molecule has 1 aromatic rings. The first kappa shape index (κ1) is 17.2. The lowest BCUT2D eigenvalue weighted by Crippen LogP contribution is -2.46. The summed E-state index contributed by atoms with van der Waals surface area (Å²) >= 11 is 0. The van der Waals surface area contributed by atoms with E-state index < -0.39 is 4.92 Å². The maximum absolute atomic E-state index is 11.1. The van der Waals surface area contributed by atoms with E-state index in [1.807, 2.05) is 0 Å². The maximum atomic E-state index is 11.1. The molecule has 0 aliphatic carbocycles. The first-order valence-corrected chi connectivity index (χ1v) is 7.47. The molecule has 1 heterocycles. The minimum absolute atomic E-state index is 0.0514. The Morgan fingerprint density at radius 3 is 2.61 bits per heavy atom. The van der Waals surface area contributed by atoms with E-state index in [1.165, 1.54) is 6.07 Å². The molecule has 1 aliphatic heterocycles. The Kier molecular flexibility index (Phi) is 6.30. The highest BCUT2D eigenvalue weighted by atomic mass is 16.6. The molecule has 1 saturated heterocycles. The Bertz CT molecular complexity index is 544. The molecule has 0 unspecified atom stereocenters. The van der Waals surface area contributed by atoms with Gasteiger partial charge in [-0.15, -0.1) is 0 Å². The number of anilines is 1. The summed E-state index contributed by atoms with van der Waals surface area (Å²) < 4.78 is 10.4. The molecule has 1 aromatic carbocycles. The van der Waals surface area contributed by atoms with E-state index >= 15 is 0 Å². The molecule has 0 saturated carbocycles. The van der Waals surface area contributed by atoms with Crippen LogP contribution in [0.5, 0.6) is 5.75 Å². The van der Waals surface area contributed by atoms with E-state index in [1.54, 1.807) is 19.2 Å². The van der Waals surface area contributed by atoms with Crippen LogP contribution in [0, 0.1) is 10.1 Å². The lowest BCUT2D eigenvalue weighted by molar-refractivity contribution is -0.385. The molecule has 0 bridgehead atoms. The van der Waals surface area contributed by atoms with Crippen LogP contribution in [-0.4, -0.2) is 69.2 Å². The van der Waals surface area contributed by atoms with Crippen LogP contribution in [0.1, 0.15) is 0 Å². The number of nitro groups is 1. The summed E-state index contributed by atoms with van der Waals surface area (Å²) in [6, 6.07) is 4.90. The predicted octanol–water partition coefficient (Wildman–Crippen LogP) is 0.941. The normalized spacial score (nSPS) is 15.4. The number of hydrogen-bond acceptors (Lipinski definition) is 7. The van der Waals surface area contributed by atoms with Crippen molar-refractivity contribution in [3.63, 3.8) is 0 Å². The van der Waals surface area contributed by atoms with Gasteiger partial charge in [-0.2, -0.15) is 0 Å². The van der Waals surface area contributed by atoms with Crippen LogP contribution in [0.3, 0.4) is 0 Å². The zero-order valence-corrected chi connectivity index (χ0v) is 13.1. The number of aldehydes is 1. The smallest absolute Gasteiger partial charge is 0.311 e. The zero-order chi connectivity index (χ0) is 16.7. The third-order valence-electron chi connectivity index (χ3n) is 3.76. The minimum atomic E-state index is -0.450. The lowest BCUT2D eigenvalue weighted by atomic mass is 10.2. The molecular weight excluding hydrogens is 302 g/mol. The number of nitrogens with zero attached hydrogens (tertiary/aromatic N) is 3. The number of benzene rings is 1. The SMILES string of the molecule is COCCOc1cc(N2CCN(CC=O)CC2)ccc1[N+](=O)[O-]. The Balaban J connectivity index is 2.09. The van der Waals surface area contributed by atoms with Gasteiger partial charge in [-0.3, -0.25) is 15.0 Å². The van der Waals surface area contributed by atoms with Crippen molar-refractivity contribution in [2.24, 2.45) is 0 Å². The van der Waals surface area contributed by atoms with Crippen molar-refractivity contribution >= 4 is 17.7 Å². The van der Waals surface area contributed by atoms with Gasteiger partial charge in [0.2, 0.25) is 0 Å². The molecule has 8 nitrogen and oxygen atoms in total. The maximum Gasteiger partial charge on any atom is 0.311 e. The van der Waals surface area contributed by atoms with Crippen LogP contribution in [0.25, 0.3) is 0 Å². The second-order valence-electron chi connectivity index (χ2n) is 5.20. The molecular formula is C15H21N3O5. The van der Waals surface area contributed by atoms with E-state index in [9.17, 15) is 14.9 Å². The van der Waals surface area contributed by atoms with Gasteiger partial charge in [0.15, 0.2) is 5.75 Å². The summed E-state index contributed by atoms with van der Waals surface area (Å²) in [6.45, 7) is 4.18. The summed E-state index contributed by atoms with van der Waals surface area (Å²) in [5.41, 5.74) is 0.832. The number of methoxy groups -OCH3 is 1. The van der Waals surface area contributed by atoms with Gasteiger partial charge in [0.1, 0.15) is 12.9 Å². The summed E-state index contributed by atoms with van der Waals surface area (Å²) in [5, 5.41) is 11.1. The molecule has 0 radical (unpaired) electrons. The van der Waals surface area contributed by atoms with E-state index in [0.29, 0.717) is 13.2 Å². The van der Waals surface area contributed by atoms with Crippen molar-refractivity contribution in [2.75, 3.05) is 57.9 Å². The van der Waals surface area contributed by atoms with Gasteiger partial charge < -0.3 is 19.2 Å². The Hall–Kier alpha value is -2.19. The second kappa shape index (κ2) is 8.44. The largest absolute Gasteiger partial charge is 0.484 e. The van der Waals surface area contributed by atoms with Crippen LogP contribution in [0.2, 0.25) is 0 Å². The molecule has 0 N–H and O–H groups in total. The van der Waals surface area contributed by atoms with Crippen LogP contribution in [0.15, 0.2) is 18.2 Å². The third kappa shape index (κ3) is 4.64. The first-order valence-electron chi connectivity index (χ1n) is 7.47. The highest BCUT2D eigenvalue weighted by Gasteiger charge is 2.21. The van der Waals surface area contributed by atoms with Crippen molar-refractivity contribution in [1.29, 1.82) is 0 Å². The summed E-state index contributed by atoms with van der Waals surface area (Å²) in [7, 11) is 1.55. The van der Waals surface area contributed by atoms with Crippen LogP contribution >= 0.6 is 0 Å². The number of nitro benzene ring substituents is 1. The molecule has 126 valence electrons. The van der Waals surface area contributed by atoms with Crippen molar-refractivity contribution < 1.29 is 19.2 Å². The fraction of sp³-hybridized carbons (Fsp3) is 0.533. The highest BCUT2D eigenvalue weighted by molar-refractivity contribution is 5.59. The fourth-order valence-corrected chi connectivity index (χ4v) is 2.49. The standard InChI is InChI=1S/C15H21N3O5/c1-22-10-11-23-15-12-13(2-3-14(15)18(20)21)17-6-4-16(5-7-17)8-9-19/h2-3,9,12H,4-8,10-11H2,1H3. The molecule has 8 heteroatoms. The van der Waals surface area contributed by atoms with Gasteiger partial charge in [0.05, 0.1) is 18.1 Å². The first-order chi connectivity index (χ1) is 11.2. The van der Waals surface area contributed by atoms with E-state index in [-0.39, 0.29) is 18.0 Å². The number of ether oxygens (including phenoxy) is 2.